The molecule has 5 atom stereocenters. The van der Waals surface area contributed by atoms with E-state index in [9.17, 15) is 52.5 Å². The summed E-state index contributed by atoms with van der Waals surface area (Å²) < 4.78 is 22.3. The van der Waals surface area contributed by atoms with Crippen LogP contribution in [0.15, 0.2) is 18.2 Å². The Hall–Kier alpha value is -5.40. The quantitative estimate of drug-likeness (QED) is 0.0662. The number of carboxylic acids is 1. The lowest BCUT2D eigenvalue weighted by Gasteiger charge is -2.52. The number of benzene rings is 1. The standard InChI is InChI=1S/C28H32N6O13S/c1-6-32-9-10-33(24(41)23(32)40)26(44)30-18(15-7-8-16(46-13(2)36)17(11-15)47-14(3)37)21(38)31-19-22(39)34-20(25(42)43)27(4,5)48(45)28(19,34)29-12-35/h7-8,11-12,18-20H,6,9-10H2,1-5H3,(H,29,35)(H,30,44)(H,31,38)(H,42,43)/t18?,19-,20-,28?,48?/m0/s1. The Morgan fingerprint density at radius 2 is 1.67 bits per heavy atom. The number of carbonyl (C=O) groups is 9. The first-order valence-corrected chi connectivity index (χ1v) is 15.5. The zero-order valence-corrected chi connectivity index (χ0v) is 27.1. The van der Waals surface area contributed by atoms with Gasteiger partial charge in [0.1, 0.15) is 12.1 Å². The van der Waals surface area contributed by atoms with Crippen molar-refractivity contribution in [1.82, 2.24) is 30.7 Å². The van der Waals surface area contributed by atoms with Gasteiger partial charge in [-0.25, -0.2) is 9.59 Å². The molecule has 258 valence electrons. The van der Waals surface area contributed by atoms with Crippen molar-refractivity contribution in [3.05, 3.63) is 23.8 Å². The first-order valence-electron chi connectivity index (χ1n) is 14.4. The van der Waals surface area contributed by atoms with Crippen molar-refractivity contribution < 1.29 is 61.9 Å². The van der Waals surface area contributed by atoms with Crippen molar-refractivity contribution >= 4 is 64.8 Å². The van der Waals surface area contributed by atoms with Gasteiger partial charge in [-0.05, 0) is 38.5 Å². The van der Waals surface area contributed by atoms with E-state index in [0.29, 0.717) is 9.80 Å². The van der Waals surface area contributed by atoms with Gasteiger partial charge in [-0.1, -0.05) is 6.07 Å². The maximum Gasteiger partial charge on any atom is 0.328 e. The second-order valence-electron chi connectivity index (χ2n) is 11.3. The Labute approximate surface area is 274 Å². The molecule has 0 aromatic heterocycles. The van der Waals surface area contributed by atoms with Crippen LogP contribution in [0.1, 0.15) is 46.2 Å². The number of nitrogens with zero attached hydrogens (tertiary/aromatic N) is 3. The third-order valence-electron chi connectivity index (χ3n) is 7.97. The highest BCUT2D eigenvalue weighted by atomic mass is 32.2. The zero-order valence-electron chi connectivity index (χ0n) is 26.3. The molecular weight excluding hydrogens is 660 g/mol. The molecular formula is C28H32N6O13S. The molecule has 4 N–H and O–H groups in total. The fourth-order valence-electron chi connectivity index (χ4n) is 5.81. The van der Waals surface area contributed by atoms with Crippen molar-refractivity contribution in [3.8, 4) is 11.5 Å². The maximum absolute atomic E-state index is 14.0. The summed E-state index contributed by atoms with van der Waals surface area (Å²) >= 11 is 0. The first-order chi connectivity index (χ1) is 22.4. The van der Waals surface area contributed by atoms with Crippen LogP contribution < -0.4 is 25.4 Å². The number of fused-ring (bicyclic) bond motifs is 1. The highest BCUT2D eigenvalue weighted by Crippen LogP contribution is 2.49. The number of amides is 7. The van der Waals surface area contributed by atoms with Gasteiger partial charge in [0.05, 0.1) is 15.5 Å². The van der Waals surface area contributed by atoms with E-state index in [1.54, 1.807) is 6.92 Å². The number of rotatable bonds is 10. The number of likely N-dealkylation sites (N-methyl/N-ethyl adjacent to an activating group) is 1. The highest BCUT2D eigenvalue weighted by molar-refractivity contribution is 7.88. The zero-order chi connectivity index (χ0) is 35.9. The van der Waals surface area contributed by atoms with Crippen LogP contribution in [0.5, 0.6) is 11.5 Å². The van der Waals surface area contributed by atoms with E-state index in [0.717, 1.165) is 26.0 Å². The Morgan fingerprint density at radius 1 is 1.04 bits per heavy atom. The second-order valence-corrected chi connectivity index (χ2v) is 13.6. The van der Waals surface area contributed by atoms with E-state index in [4.69, 9.17) is 9.47 Å². The van der Waals surface area contributed by atoms with E-state index in [2.05, 4.69) is 16.0 Å². The Bertz CT molecular complexity index is 1660. The average Bonchev–Trinajstić information content (AvgIpc) is 3.16. The van der Waals surface area contributed by atoms with Gasteiger partial charge in [-0.15, -0.1) is 0 Å². The number of esters is 2. The molecule has 1 aromatic rings. The van der Waals surface area contributed by atoms with E-state index in [1.165, 1.54) is 24.8 Å². The SMILES string of the molecule is CCN1CCN(C(=O)NC(C(=O)N[C@H]2C(=O)N3[C@@H](C(=O)O)C(C)(C)S(=O)C23NC=O)c2ccc(OC(C)=O)c(OC(C)=O)c2)C(=O)C1=O. The Morgan fingerprint density at radius 3 is 2.23 bits per heavy atom. The number of urea groups is 1. The molecule has 0 spiro atoms. The lowest BCUT2D eigenvalue weighted by atomic mass is 9.92. The molecule has 3 aliphatic heterocycles. The number of hydrogen-bond acceptors (Lipinski definition) is 12. The van der Waals surface area contributed by atoms with Crippen LogP contribution in [0.4, 0.5) is 4.79 Å². The maximum atomic E-state index is 14.0. The largest absolute Gasteiger partial charge is 0.480 e. The van der Waals surface area contributed by atoms with Gasteiger partial charge in [0, 0.05) is 33.5 Å². The third-order valence-corrected chi connectivity index (χ3v) is 10.3. The molecule has 0 bridgehead atoms. The van der Waals surface area contributed by atoms with Crippen molar-refractivity contribution in [2.24, 2.45) is 0 Å². The number of ether oxygens (including phenoxy) is 2. The fraction of sp³-hybridized carbons (Fsp3) is 0.464. The molecule has 3 saturated heterocycles. The summed E-state index contributed by atoms with van der Waals surface area (Å²) in [4.78, 5) is 113. The summed E-state index contributed by atoms with van der Waals surface area (Å²) in [6.07, 6.45) is 0.0910. The van der Waals surface area contributed by atoms with E-state index in [1.807, 2.05) is 0 Å². The molecule has 3 heterocycles. The molecule has 1 aromatic carbocycles. The molecule has 0 saturated carbocycles. The number of imide groups is 1. The minimum Gasteiger partial charge on any atom is -0.480 e. The average molecular weight is 693 g/mol. The molecule has 20 heteroatoms. The van der Waals surface area contributed by atoms with Gasteiger partial charge in [0.25, 0.3) is 5.91 Å². The number of β-lactam (4-membered cyclic amide) rings is 1. The van der Waals surface area contributed by atoms with Crippen LogP contribution in [0.25, 0.3) is 0 Å². The predicted molar refractivity (Wildman–Crippen MR) is 159 cm³/mol. The summed E-state index contributed by atoms with van der Waals surface area (Å²) in [5, 5.41) is 16.7. The van der Waals surface area contributed by atoms with Gasteiger partial charge in [0.2, 0.25) is 17.3 Å². The van der Waals surface area contributed by atoms with Gasteiger partial charge in [0.15, 0.2) is 17.5 Å². The molecule has 19 nitrogen and oxygen atoms in total. The normalized spacial score (nSPS) is 24.9. The minimum atomic E-state index is -2.32. The van der Waals surface area contributed by atoms with Crippen LogP contribution in [-0.2, 0) is 49.2 Å². The van der Waals surface area contributed by atoms with Crippen molar-refractivity contribution in [1.29, 1.82) is 0 Å². The van der Waals surface area contributed by atoms with Crippen molar-refractivity contribution in [2.75, 3.05) is 19.6 Å². The monoisotopic (exact) mass is 692 g/mol. The third kappa shape index (κ3) is 5.82. The molecule has 7 amide bonds. The number of hydrogen-bond donors (Lipinski definition) is 4. The van der Waals surface area contributed by atoms with E-state index in [-0.39, 0.29) is 43.1 Å². The van der Waals surface area contributed by atoms with Crippen LogP contribution in [0, 0.1) is 0 Å². The first kappa shape index (κ1) is 35.5. The van der Waals surface area contributed by atoms with Crippen LogP contribution >= 0.6 is 0 Å². The van der Waals surface area contributed by atoms with Crippen LogP contribution in [-0.4, -0.2) is 119 Å². The summed E-state index contributed by atoms with van der Waals surface area (Å²) in [7, 11) is -2.32. The molecule has 3 fully saturated rings. The number of carboxylic acid groups (broad SMARTS) is 1. The van der Waals surface area contributed by atoms with Gasteiger partial charge >= 0.3 is 35.8 Å². The number of nitrogens with one attached hydrogen (secondary N) is 3. The summed E-state index contributed by atoms with van der Waals surface area (Å²) in [6, 6.07) is -3.15. The van der Waals surface area contributed by atoms with Crippen LogP contribution in [0.3, 0.4) is 0 Å². The van der Waals surface area contributed by atoms with E-state index >= 15 is 0 Å². The Kier molecular flexibility index (Phi) is 9.61. The number of aliphatic carboxylic acids is 1. The molecule has 0 aliphatic carbocycles. The Balaban J connectivity index is 1.75. The fourth-order valence-corrected chi connectivity index (χ4v) is 7.92. The molecule has 4 rings (SSSR count). The molecule has 48 heavy (non-hydrogen) atoms. The summed E-state index contributed by atoms with van der Waals surface area (Å²) in [6.45, 7) is 6.31. The van der Waals surface area contributed by atoms with Gasteiger partial charge < -0.3 is 35.4 Å². The highest BCUT2D eigenvalue weighted by Gasteiger charge is 2.78. The van der Waals surface area contributed by atoms with Gasteiger partial charge in [-0.2, -0.15) is 0 Å². The number of piperazine rings is 1. The predicted octanol–water partition coefficient (Wildman–Crippen LogP) is -2.30. The van der Waals surface area contributed by atoms with Crippen molar-refractivity contribution in [3.63, 3.8) is 0 Å². The smallest absolute Gasteiger partial charge is 0.328 e. The molecule has 3 aliphatic rings. The lowest BCUT2D eigenvalue weighted by molar-refractivity contribution is -0.171. The lowest BCUT2D eigenvalue weighted by Crippen LogP contribution is -2.84. The minimum absolute atomic E-state index is 0.00230. The van der Waals surface area contributed by atoms with Crippen LogP contribution in [0.2, 0.25) is 0 Å². The van der Waals surface area contributed by atoms with Gasteiger partial charge in [-0.3, -0.25) is 47.6 Å². The van der Waals surface area contributed by atoms with E-state index < -0.39 is 86.2 Å². The number of carbonyl (C=O) groups excluding carboxylic acids is 8. The second kappa shape index (κ2) is 13.0. The molecule has 3 unspecified atom stereocenters. The summed E-state index contributed by atoms with van der Waals surface area (Å²) in [5.74, 6) is -8.13. The van der Waals surface area contributed by atoms with Crippen molar-refractivity contribution in [2.45, 2.75) is 62.5 Å². The molecule has 0 radical (unpaired) electrons. The topological polar surface area (TPSA) is 255 Å². The summed E-state index contributed by atoms with van der Waals surface area (Å²) in [5.41, 5.74) is -0.156.